The number of aromatic nitrogens is 1. The average molecular weight is 191 g/mol. The summed E-state index contributed by atoms with van der Waals surface area (Å²) in [5.41, 5.74) is -1.01. The molecule has 0 aromatic carbocycles. The van der Waals surface area contributed by atoms with E-state index in [1.807, 2.05) is 0 Å². The van der Waals surface area contributed by atoms with E-state index in [4.69, 9.17) is 0 Å². The lowest BCUT2D eigenvalue weighted by Gasteiger charge is -2.21. The van der Waals surface area contributed by atoms with Crippen LogP contribution in [0.3, 0.4) is 0 Å². The van der Waals surface area contributed by atoms with Gasteiger partial charge >= 0.3 is 0 Å². The van der Waals surface area contributed by atoms with Crippen molar-refractivity contribution in [3.05, 3.63) is 55.4 Å². The smallest absolute Gasteiger partial charge is 0.159 e. The van der Waals surface area contributed by atoms with E-state index in [1.165, 1.54) is 0 Å². The summed E-state index contributed by atoms with van der Waals surface area (Å²) in [7, 11) is 0. The maximum absolute atomic E-state index is 14.3. The van der Waals surface area contributed by atoms with Crippen molar-refractivity contribution in [1.29, 1.82) is 0 Å². The van der Waals surface area contributed by atoms with E-state index in [0.29, 0.717) is 5.69 Å². The molecule has 0 amide bonds. The fraction of sp³-hybridized carbons (Fsp3) is 0.250. The van der Waals surface area contributed by atoms with E-state index < -0.39 is 5.67 Å². The van der Waals surface area contributed by atoms with Gasteiger partial charge in [-0.25, -0.2) is 4.39 Å². The van der Waals surface area contributed by atoms with Crippen molar-refractivity contribution < 1.29 is 4.39 Å². The third-order valence-corrected chi connectivity index (χ3v) is 2.06. The number of hydrogen-bond donors (Lipinski definition) is 0. The van der Waals surface area contributed by atoms with Crippen LogP contribution in [0.15, 0.2) is 49.7 Å². The van der Waals surface area contributed by atoms with E-state index in [0.717, 1.165) is 0 Å². The van der Waals surface area contributed by atoms with Crippen LogP contribution < -0.4 is 0 Å². The van der Waals surface area contributed by atoms with Crippen molar-refractivity contribution >= 4 is 0 Å². The summed E-state index contributed by atoms with van der Waals surface area (Å²) in [6.45, 7) is 7.10. The number of halogens is 1. The van der Waals surface area contributed by atoms with Gasteiger partial charge in [-0.1, -0.05) is 18.2 Å². The Morgan fingerprint density at radius 3 is 2.36 bits per heavy atom. The van der Waals surface area contributed by atoms with Crippen LogP contribution in [0.4, 0.5) is 4.39 Å². The molecule has 1 nitrogen and oxygen atoms in total. The Labute approximate surface area is 84.0 Å². The van der Waals surface area contributed by atoms with Gasteiger partial charge in [-0.05, 0) is 12.1 Å². The second-order valence-corrected chi connectivity index (χ2v) is 3.17. The summed E-state index contributed by atoms with van der Waals surface area (Å²) in [6.07, 6.45) is 5.25. The maximum atomic E-state index is 14.3. The monoisotopic (exact) mass is 191 g/mol. The molecule has 0 radical (unpaired) electrons. The molecule has 0 aliphatic rings. The lowest BCUT2D eigenvalue weighted by atomic mass is 9.93. The van der Waals surface area contributed by atoms with Gasteiger partial charge in [-0.15, -0.1) is 13.2 Å². The number of pyridine rings is 1. The molecule has 1 heterocycles. The first-order valence-electron chi connectivity index (χ1n) is 4.55. The lowest BCUT2D eigenvalue weighted by Crippen LogP contribution is -2.19. The maximum Gasteiger partial charge on any atom is 0.159 e. The van der Waals surface area contributed by atoms with Gasteiger partial charge in [0, 0.05) is 19.0 Å². The summed E-state index contributed by atoms with van der Waals surface area (Å²) >= 11 is 0. The van der Waals surface area contributed by atoms with Crippen LogP contribution in [0, 0.1) is 0 Å². The molecule has 1 rings (SSSR count). The number of rotatable bonds is 5. The molecule has 14 heavy (non-hydrogen) atoms. The number of nitrogens with zero attached hydrogens (tertiary/aromatic N) is 1. The van der Waals surface area contributed by atoms with E-state index in [1.54, 1.807) is 36.5 Å². The van der Waals surface area contributed by atoms with Crippen LogP contribution in [-0.4, -0.2) is 4.98 Å². The summed E-state index contributed by atoms with van der Waals surface area (Å²) < 4.78 is 14.3. The minimum Gasteiger partial charge on any atom is -0.258 e. The minimum atomic E-state index is -1.45. The molecule has 0 spiro atoms. The molecule has 0 fully saturated rings. The Morgan fingerprint density at radius 1 is 1.29 bits per heavy atom. The molecule has 0 N–H and O–H groups in total. The van der Waals surface area contributed by atoms with E-state index in [-0.39, 0.29) is 12.8 Å². The highest BCUT2D eigenvalue weighted by Crippen LogP contribution is 2.32. The van der Waals surface area contributed by atoms with Gasteiger partial charge in [0.15, 0.2) is 5.67 Å². The van der Waals surface area contributed by atoms with Crippen LogP contribution in [0.2, 0.25) is 0 Å². The molecule has 0 aliphatic carbocycles. The Morgan fingerprint density at radius 2 is 1.93 bits per heavy atom. The van der Waals surface area contributed by atoms with Crippen LogP contribution >= 0.6 is 0 Å². The quantitative estimate of drug-likeness (QED) is 0.650. The molecule has 0 saturated heterocycles. The fourth-order valence-corrected chi connectivity index (χ4v) is 1.38. The van der Waals surface area contributed by atoms with Crippen LogP contribution in [0.5, 0.6) is 0 Å². The SMILES string of the molecule is C=CCC(F)(CC=C)c1ccccn1. The van der Waals surface area contributed by atoms with E-state index in [9.17, 15) is 4.39 Å². The second-order valence-electron chi connectivity index (χ2n) is 3.17. The molecule has 2 heteroatoms. The molecule has 0 saturated carbocycles. The average Bonchev–Trinajstić information content (AvgIpc) is 2.20. The molecule has 0 aliphatic heterocycles. The number of allylic oxidation sites excluding steroid dienone is 2. The van der Waals surface area contributed by atoms with Crippen molar-refractivity contribution in [3.63, 3.8) is 0 Å². The van der Waals surface area contributed by atoms with E-state index in [2.05, 4.69) is 18.1 Å². The van der Waals surface area contributed by atoms with Gasteiger partial charge in [0.05, 0.1) is 5.69 Å². The van der Waals surface area contributed by atoms with Crippen molar-refractivity contribution in [3.8, 4) is 0 Å². The van der Waals surface area contributed by atoms with Gasteiger partial charge in [0.2, 0.25) is 0 Å². The third kappa shape index (κ3) is 2.28. The highest BCUT2D eigenvalue weighted by Gasteiger charge is 2.30. The fourth-order valence-electron chi connectivity index (χ4n) is 1.38. The van der Waals surface area contributed by atoms with Crippen molar-refractivity contribution in [2.45, 2.75) is 18.5 Å². The highest BCUT2D eigenvalue weighted by molar-refractivity contribution is 5.15. The van der Waals surface area contributed by atoms with Crippen LogP contribution in [0.25, 0.3) is 0 Å². The third-order valence-electron chi connectivity index (χ3n) is 2.06. The summed E-state index contributed by atoms with van der Waals surface area (Å²) in [5.74, 6) is 0. The number of hydrogen-bond acceptors (Lipinski definition) is 1. The molecular weight excluding hydrogens is 177 g/mol. The Hall–Kier alpha value is -1.44. The lowest BCUT2D eigenvalue weighted by molar-refractivity contribution is 0.166. The Bertz CT molecular complexity index is 295. The predicted octanol–water partition coefficient (Wildman–Crippen LogP) is 3.40. The molecule has 0 unspecified atom stereocenters. The molecule has 74 valence electrons. The molecule has 1 aromatic rings. The molecule has 1 aromatic heterocycles. The first kappa shape index (κ1) is 10.6. The van der Waals surface area contributed by atoms with E-state index >= 15 is 0 Å². The Balaban J connectivity index is 2.98. The summed E-state index contributed by atoms with van der Waals surface area (Å²) in [5, 5.41) is 0. The van der Waals surface area contributed by atoms with Crippen LogP contribution in [0.1, 0.15) is 18.5 Å². The summed E-state index contributed by atoms with van der Waals surface area (Å²) in [4.78, 5) is 4.02. The van der Waals surface area contributed by atoms with Gasteiger partial charge in [-0.3, -0.25) is 4.98 Å². The van der Waals surface area contributed by atoms with Crippen molar-refractivity contribution in [2.75, 3.05) is 0 Å². The largest absolute Gasteiger partial charge is 0.258 e. The zero-order valence-electron chi connectivity index (χ0n) is 8.12. The zero-order valence-corrected chi connectivity index (χ0v) is 8.12. The van der Waals surface area contributed by atoms with Gasteiger partial charge in [0.1, 0.15) is 0 Å². The van der Waals surface area contributed by atoms with Gasteiger partial charge in [-0.2, -0.15) is 0 Å². The highest BCUT2D eigenvalue weighted by atomic mass is 19.1. The molecular formula is C12H14FN. The first-order chi connectivity index (χ1) is 6.73. The zero-order chi connectivity index (χ0) is 10.4. The predicted molar refractivity (Wildman–Crippen MR) is 56.7 cm³/mol. The minimum absolute atomic E-state index is 0.260. The topological polar surface area (TPSA) is 12.9 Å². The van der Waals surface area contributed by atoms with Crippen molar-refractivity contribution in [1.82, 2.24) is 4.98 Å². The van der Waals surface area contributed by atoms with Gasteiger partial charge < -0.3 is 0 Å². The Kier molecular flexibility index (Phi) is 3.57. The molecule has 0 bridgehead atoms. The van der Waals surface area contributed by atoms with Crippen molar-refractivity contribution in [2.24, 2.45) is 0 Å². The second kappa shape index (κ2) is 4.70. The summed E-state index contributed by atoms with van der Waals surface area (Å²) in [6, 6.07) is 5.24. The standard InChI is InChI=1S/C12H14FN/c1-3-8-12(13,9-4-2)11-7-5-6-10-14-11/h3-7,10H,1-2,8-9H2. The van der Waals surface area contributed by atoms with Gasteiger partial charge in [0.25, 0.3) is 0 Å². The molecule has 0 atom stereocenters. The first-order valence-corrected chi connectivity index (χ1v) is 4.55. The van der Waals surface area contributed by atoms with Crippen LogP contribution in [-0.2, 0) is 5.67 Å². The number of alkyl halides is 1. The normalized spacial score (nSPS) is 10.9.